The minimum absolute atomic E-state index is 0.0347. The third kappa shape index (κ3) is 2.27. The van der Waals surface area contributed by atoms with Gasteiger partial charge >= 0.3 is 0 Å². The standard InChI is InChI=1S/C14H16N4OS/c1-3-12-16-17-14(20-12)15-10-8-13(19)18(2)11-7-5-4-6-9(10)11/h4-7,10H,3,8H2,1-2H3,(H,15,17). The van der Waals surface area contributed by atoms with Crippen molar-refractivity contribution >= 4 is 28.1 Å². The van der Waals surface area contributed by atoms with Crippen molar-refractivity contribution in [2.75, 3.05) is 17.3 Å². The summed E-state index contributed by atoms with van der Waals surface area (Å²) in [5, 5.41) is 13.3. The van der Waals surface area contributed by atoms with Gasteiger partial charge in [-0.25, -0.2) is 0 Å². The number of amides is 1. The molecule has 0 bridgehead atoms. The fourth-order valence-electron chi connectivity index (χ4n) is 2.38. The van der Waals surface area contributed by atoms with Crippen LogP contribution in [0.2, 0.25) is 0 Å². The summed E-state index contributed by atoms with van der Waals surface area (Å²) in [6.07, 6.45) is 1.32. The number of carbonyl (C=O) groups excluding carboxylic acids is 1. The van der Waals surface area contributed by atoms with Crippen LogP contribution in [-0.2, 0) is 11.2 Å². The van der Waals surface area contributed by atoms with Gasteiger partial charge in [-0.2, -0.15) is 0 Å². The van der Waals surface area contributed by atoms with Crippen molar-refractivity contribution in [1.82, 2.24) is 10.2 Å². The zero-order chi connectivity index (χ0) is 14.1. The molecule has 1 aliphatic heterocycles. The van der Waals surface area contributed by atoms with Gasteiger partial charge < -0.3 is 10.2 Å². The Bertz CT molecular complexity index is 640. The maximum Gasteiger partial charge on any atom is 0.229 e. The van der Waals surface area contributed by atoms with E-state index in [1.807, 2.05) is 25.2 Å². The molecule has 0 saturated heterocycles. The molecule has 1 amide bonds. The quantitative estimate of drug-likeness (QED) is 0.943. The monoisotopic (exact) mass is 288 g/mol. The summed E-state index contributed by atoms with van der Waals surface area (Å²) in [5.74, 6) is 0.112. The Morgan fingerprint density at radius 3 is 2.95 bits per heavy atom. The number of aromatic nitrogens is 2. The molecule has 1 atom stereocenters. The van der Waals surface area contributed by atoms with Crippen LogP contribution < -0.4 is 10.2 Å². The fraction of sp³-hybridized carbons (Fsp3) is 0.357. The predicted octanol–water partition coefficient (Wildman–Crippen LogP) is 2.62. The third-order valence-corrected chi connectivity index (χ3v) is 4.49. The minimum Gasteiger partial charge on any atom is -0.353 e. The number of aryl methyl sites for hydroxylation is 1. The second-order valence-corrected chi connectivity index (χ2v) is 5.83. The number of anilines is 2. The van der Waals surface area contributed by atoms with Crippen molar-refractivity contribution < 1.29 is 4.79 Å². The van der Waals surface area contributed by atoms with Gasteiger partial charge in [-0.3, -0.25) is 4.79 Å². The Morgan fingerprint density at radius 2 is 2.20 bits per heavy atom. The second-order valence-electron chi connectivity index (χ2n) is 4.77. The molecular weight excluding hydrogens is 272 g/mol. The van der Waals surface area contributed by atoms with E-state index in [1.54, 1.807) is 16.2 Å². The number of nitrogens with zero attached hydrogens (tertiary/aromatic N) is 3. The van der Waals surface area contributed by atoms with Crippen molar-refractivity contribution in [1.29, 1.82) is 0 Å². The summed E-state index contributed by atoms with van der Waals surface area (Å²) in [6, 6.07) is 7.93. The first-order valence-electron chi connectivity index (χ1n) is 6.63. The molecule has 5 nitrogen and oxygen atoms in total. The summed E-state index contributed by atoms with van der Waals surface area (Å²) in [5.41, 5.74) is 2.09. The Hall–Kier alpha value is -1.95. The molecular formula is C14H16N4OS. The first kappa shape index (κ1) is 13.1. The maximum absolute atomic E-state index is 12.1. The highest BCUT2D eigenvalue weighted by Crippen LogP contribution is 2.36. The fourth-order valence-corrected chi connectivity index (χ4v) is 3.11. The van der Waals surface area contributed by atoms with Crippen LogP contribution >= 0.6 is 11.3 Å². The minimum atomic E-state index is -0.0347. The van der Waals surface area contributed by atoms with Crippen LogP contribution in [0.1, 0.15) is 30.0 Å². The van der Waals surface area contributed by atoms with Gasteiger partial charge in [0.1, 0.15) is 5.01 Å². The number of hydrogen-bond acceptors (Lipinski definition) is 5. The van der Waals surface area contributed by atoms with E-state index in [-0.39, 0.29) is 11.9 Å². The van der Waals surface area contributed by atoms with Gasteiger partial charge in [-0.05, 0) is 18.1 Å². The van der Waals surface area contributed by atoms with E-state index >= 15 is 0 Å². The van der Waals surface area contributed by atoms with E-state index < -0.39 is 0 Å². The van der Waals surface area contributed by atoms with Crippen LogP contribution in [0.3, 0.4) is 0 Å². The molecule has 1 N–H and O–H groups in total. The number of para-hydroxylation sites is 1. The summed E-state index contributed by atoms with van der Waals surface area (Å²) >= 11 is 1.54. The van der Waals surface area contributed by atoms with E-state index in [4.69, 9.17) is 0 Å². The van der Waals surface area contributed by atoms with Crippen LogP contribution in [0, 0.1) is 0 Å². The lowest BCUT2D eigenvalue weighted by Crippen LogP contribution is -2.35. The van der Waals surface area contributed by atoms with Crippen LogP contribution in [0.15, 0.2) is 24.3 Å². The molecule has 104 valence electrons. The Labute approximate surface area is 121 Å². The van der Waals surface area contributed by atoms with Gasteiger partial charge in [0.15, 0.2) is 0 Å². The number of nitrogens with one attached hydrogen (secondary N) is 1. The molecule has 3 rings (SSSR count). The summed E-state index contributed by atoms with van der Waals surface area (Å²) in [4.78, 5) is 13.8. The van der Waals surface area contributed by atoms with Gasteiger partial charge in [-0.15, -0.1) is 10.2 Å². The molecule has 0 spiro atoms. The number of hydrogen-bond donors (Lipinski definition) is 1. The van der Waals surface area contributed by atoms with Crippen molar-refractivity contribution in [3.63, 3.8) is 0 Å². The van der Waals surface area contributed by atoms with Crippen LogP contribution in [-0.4, -0.2) is 23.2 Å². The molecule has 0 fully saturated rings. The molecule has 20 heavy (non-hydrogen) atoms. The van der Waals surface area contributed by atoms with E-state index in [2.05, 4.69) is 28.5 Å². The van der Waals surface area contributed by atoms with E-state index in [1.165, 1.54) is 0 Å². The van der Waals surface area contributed by atoms with E-state index in [0.29, 0.717) is 6.42 Å². The number of carbonyl (C=O) groups is 1. The van der Waals surface area contributed by atoms with Gasteiger partial charge in [0, 0.05) is 12.7 Å². The predicted molar refractivity (Wildman–Crippen MR) is 80.1 cm³/mol. The highest BCUT2D eigenvalue weighted by molar-refractivity contribution is 7.15. The lowest BCUT2D eigenvalue weighted by atomic mass is 9.96. The largest absolute Gasteiger partial charge is 0.353 e. The second kappa shape index (κ2) is 5.20. The summed E-state index contributed by atoms with van der Waals surface area (Å²) in [6.45, 7) is 2.05. The number of rotatable bonds is 3. The van der Waals surface area contributed by atoms with Gasteiger partial charge in [-0.1, -0.05) is 36.5 Å². The average molecular weight is 288 g/mol. The average Bonchev–Trinajstić information content (AvgIpc) is 2.92. The Morgan fingerprint density at radius 1 is 1.40 bits per heavy atom. The van der Waals surface area contributed by atoms with Crippen molar-refractivity contribution in [3.05, 3.63) is 34.8 Å². The molecule has 0 aliphatic carbocycles. The molecule has 0 saturated carbocycles. The number of benzene rings is 1. The SMILES string of the molecule is CCc1nnc(NC2CC(=O)N(C)c3ccccc32)s1. The van der Waals surface area contributed by atoms with Crippen molar-refractivity contribution in [3.8, 4) is 0 Å². The normalized spacial score (nSPS) is 18.0. The third-order valence-electron chi connectivity index (χ3n) is 3.49. The van der Waals surface area contributed by atoms with Gasteiger partial charge in [0.2, 0.25) is 11.0 Å². The number of fused-ring (bicyclic) bond motifs is 1. The smallest absolute Gasteiger partial charge is 0.229 e. The van der Waals surface area contributed by atoms with Crippen LogP contribution in [0.4, 0.5) is 10.8 Å². The topological polar surface area (TPSA) is 58.1 Å². The van der Waals surface area contributed by atoms with Gasteiger partial charge in [0.05, 0.1) is 12.5 Å². The molecule has 1 unspecified atom stereocenters. The molecule has 0 radical (unpaired) electrons. The van der Waals surface area contributed by atoms with Crippen LogP contribution in [0.5, 0.6) is 0 Å². The first-order valence-corrected chi connectivity index (χ1v) is 7.45. The Balaban J connectivity index is 1.90. The molecule has 6 heteroatoms. The molecule has 1 aromatic heterocycles. The van der Waals surface area contributed by atoms with Crippen molar-refractivity contribution in [2.45, 2.75) is 25.8 Å². The maximum atomic E-state index is 12.1. The highest BCUT2D eigenvalue weighted by Gasteiger charge is 2.29. The van der Waals surface area contributed by atoms with Crippen LogP contribution in [0.25, 0.3) is 0 Å². The molecule has 1 aromatic carbocycles. The lowest BCUT2D eigenvalue weighted by Gasteiger charge is -2.31. The molecule has 1 aliphatic rings. The first-order chi connectivity index (χ1) is 9.69. The van der Waals surface area contributed by atoms with Gasteiger partial charge in [0.25, 0.3) is 0 Å². The van der Waals surface area contributed by atoms with E-state index in [9.17, 15) is 4.79 Å². The van der Waals surface area contributed by atoms with E-state index in [0.717, 1.165) is 27.8 Å². The summed E-state index contributed by atoms with van der Waals surface area (Å²) < 4.78 is 0. The summed E-state index contributed by atoms with van der Waals surface area (Å²) in [7, 11) is 1.82. The zero-order valence-electron chi connectivity index (χ0n) is 11.5. The zero-order valence-corrected chi connectivity index (χ0v) is 12.3. The van der Waals surface area contributed by atoms with Crippen molar-refractivity contribution in [2.24, 2.45) is 0 Å². The highest BCUT2D eigenvalue weighted by atomic mass is 32.1. The molecule has 2 heterocycles. The molecule has 2 aromatic rings. The lowest BCUT2D eigenvalue weighted by molar-refractivity contribution is -0.118. The Kier molecular flexibility index (Phi) is 3.40.